The second kappa shape index (κ2) is 6.83. The van der Waals surface area contributed by atoms with Crippen molar-refractivity contribution in [1.29, 1.82) is 0 Å². The number of carboxylic acids is 1. The summed E-state index contributed by atoms with van der Waals surface area (Å²) in [5.41, 5.74) is 0. The molecule has 1 rings (SSSR count). The van der Waals surface area contributed by atoms with Gasteiger partial charge < -0.3 is 20.2 Å². The highest BCUT2D eigenvalue weighted by Crippen LogP contribution is 2.21. The molecule has 0 spiro atoms. The topological polar surface area (TPSA) is 81.0 Å². The van der Waals surface area contributed by atoms with Crippen molar-refractivity contribution in [1.82, 2.24) is 4.90 Å². The van der Waals surface area contributed by atoms with Crippen LogP contribution in [0.3, 0.4) is 0 Å². The molecule has 1 atom stereocenters. The zero-order chi connectivity index (χ0) is 12.0. The fourth-order valence-corrected chi connectivity index (χ4v) is 2.14. The molecular weight excluding hydrogens is 210 g/mol. The van der Waals surface area contributed by atoms with Crippen molar-refractivity contribution in [3.63, 3.8) is 0 Å². The zero-order valence-electron chi connectivity index (χ0n) is 9.51. The van der Waals surface area contributed by atoms with Crippen LogP contribution in [-0.2, 0) is 4.79 Å². The summed E-state index contributed by atoms with van der Waals surface area (Å²) in [6.07, 6.45) is 2.34. The molecule has 0 aliphatic carbocycles. The number of piperidine rings is 1. The van der Waals surface area contributed by atoms with Crippen LogP contribution >= 0.6 is 0 Å². The SMILES string of the molecule is O=C(O)CCC1CCN(CC(O)CO)CC1. The molecule has 0 bridgehead atoms. The van der Waals surface area contributed by atoms with Crippen LogP contribution in [0.5, 0.6) is 0 Å². The number of hydrogen-bond acceptors (Lipinski definition) is 4. The monoisotopic (exact) mass is 231 g/mol. The van der Waals surface area contributed by atoms with Crippen LogP contribution in [0.1, 0.15) is 25.7 Å². The van der Waals surface area contributed by atoms with Gasteiger partial charge in [0, 0.05) is 13.0 Å². The molecule has 3 N–H and O–H groups in total. The number of aliphatic carboxylic acids is 1. The summed E-state index contributed by atoms with van der Waals surface area (Å²) in [5.74, 6) is -0.225. The van der Waals surface area contributed by atoms with Crippen molar-refractivity contribution in [2.45, 2.75) is 31.8 Å². The van der Waals surface area contributed by atoms with Crippen LogP contribution in [0, 0.1) is 5.92 Å². The maximum atomic E-state index is 10.4. The first-order chi connectivity index (χ1) is 7.61. The lowest BCUT2D eigenvalue weighted by atomic mass is 9.92. The van der Waals surface area contributed by atoms with Gasteiger partial charge in [0.25, 0.3) is 0 Å². The van der Waals surface area contributed by atoms with E-state index in [1.165, 1.54) is 0 Å². The van der Waals surface area contributed by atoms with E-state index in [4.69, 9.17) is 10.2 Å². The predicted molar refractivity (Wildman–Crippen MR) is 59.1 cm³/mol. The Morgan fingerprint density at radius 1 is 1.38 bits per heavy atom. The highest BCUT2D eigenvalue weighted by molar-refractivity contribution is 5.66. The lowest BCUT2D eigenvalue weighted by molar-refractivity contribution is -0.137. The molecule has 5 heteroatoms. The first-order valence-corrected chi connectivity index (χ1v) is 5.85. The van der Waals surface area contributed by atoms with Gasteiger partial charge >= 0.3 is 5.97 Å². The fourth-order valence-electron chi connectivity index (χ4n) is 2.14. The third kappa shape index (κ3) is 4.92. The van der Waals surface area contributed by atoms with E-state index < -0.39 is 12.1 Å². The second-order valence-electron chi connectivity index (χ2n) is 4.51. The van der Waals surface area contributed by atoms with Crippen molar-refractivity contribution in [3.8, 4) is 0 Å². The maximum Gasteiger partial charge on any atom is 0.303 e. The number of carbonyl (C=O) groups is 1. The number of likely N-dealkylation sites (tertiary alicyclic amines) is 1. The average molecular weight is 231 g/mol. The highest BCUT2D eigenvalue weighted by Gasteiger charge is 2.21. The van der Waals surface area contributed by atoms with E-state index >= 15 is 0 Å². The van der Waals surface area contributed by atoms with Gasteiger partial charge in [-0.3, -0.25) is 4.79 Å². The van der Waals surface area contributed by atoms with E-state index in [2.05, 4.69) is 4.90 Å². The van der Waals surface area contributed by atoms with Crippen LogP contribution in [0.25, 0.3) is 0 Å². The molecule has 1 aliphatic heterocycles. The van der Waals surface area contributed by atoms with Crippen LogP contribution in [-0.4, -0.2) is 58.5 Å². The number of carboxylic acid groups (broad SMARTS) is 1. The Bertz CT molecular complexity index is 214. The van der Waals surface area contributed by atoms with Gasteiger partial charge in [-0.15, -0.1) is 0 Å². The Kier molecular flexibility index (Phi) is 5.73. The maximum absolute atomic E-state index is 10.4. The van der Waals surface area contributed by atoms with Gasteiger partial charge in [-0.2, -0.15) is 0 Å². The van der Waals surface area contributed by atoms with Crippen molar-refractivity contribution in [2.24, 2.45) is 5.92 Å². The number of nitrogens with zero attached hydrogens (tertiary/aromatic N) is 1. The van der Waals surface area contributed by atoms with Crippen LogP contribution in [0.4, 0.5) is 0 Å². The first kappa shape index (κ1) is 13.4. The van der Waals surface area contributed by atoms with Gasteiger partial charge in [0.15, 0.2) is 0 Å². The number of hydrogen-bond donors (Lipinski definition) is 3. The molecule has 0 radical (unpaired) electrons. The van der Waals surface area contributed by atoms with E-state index in [-0.39, 0.29) is 13.0 Å². The molecule has 1 saturated heterocycles. The van der Waals surface area contributed by atoms with Crippen LogP contribution in [0.2, 0.25) is 0 Å². The summed E-state index contributed by atoms with van der Waals surface area (Å²) in [4.78, 5) is 12.5. The number of β-amino-alcohol motifs (C(OH)–C–C–N with tert-alkyl or cyclic N) is 1. The molecule has 0 saturated carbocycles. The molecule has 0 aromatic heterocycles. The van der Waals surface area contributed by atoms with Gasteiger partial charge in [0.2, 0.25) is 0 Å². The molecule has 5 nitrogen and oxygen atoms in total. The largest absolute Gasteiger partial charge is 0.481 e. The molecule has 16 heavy (non-hydrogen) atoms. The summed E-state index contributed by atoms with van der Waals surface area (Å²) in [6.45, 7) is 2.10. The standard InChI is InChI=1S/C11H21NO4/c13-8-10(14)7-12-5-3-9(4-6-12)1-2-11(15)16/h9-10,13-14H,1-8H2,(H,15,16). The lowest BCUT2D eigenvalue weighted by Gasteiger charge is -2.32. The second-order valence-corrected chi connectivity index (χ2v) is 4.51. The number of rotatable bonds is 6. The zero-order valence-corrected chi connectivity index (χ0v) is 9.51. The smallest absolute Gasteiger partial charge is 0.303 e. The summed E-state index contributed by atoms with van der Waals surface area (Å²) >= 11 is 0. The molecule has 0 amide bonds. The Morgan fingerprint density at radius 3 is 2.50 bits per heavy atom. The van der Waals surface area contributed by atoms with Gasteiger partial charge in [0.1, 0.15) is 0 Å². The summed E-state index contributed by atoms with van der Waals surface area (Å²) < 4.78 is 0. The minimum absolute atomic E-state index is 0.195. The molecule has 1 fully saturated rings. The molecule has 0 aromatic rings. The number of aliphatic hydroxyl groups is 2. The third-order valence-corrected chi connectivity index (χ3v) is 3.15. The van der Waals surface area contributed by atoms with Crippen molar-refractivity contribution in [3.05, 3.63) is 0 Å². The first-order valence-electron chi connectivity index (χ1n) is 5.85. The minimum Gasteiger partial charge on any atom is -0.481 e. The number of aliphatic hydroxyl groups excluding tert-OH is 2. The minimum atomic E-state index is -0.724. The normalized spacial score (nSPS) is 20.9. The van der Waals surface area contributed by atoms with Crippen molar-refractivity contribution in [2.75, 3.05) is 26.2 Å². The molecule has 1 heterocycles. The average Bonchev–Trinajstić information content (AvgIpc) is 2.28. The molecule has 0 aromatic carbocycles. The van der Waals surface area contributed by atoms with Gasteiger partial charge in [-0.1, -0.05) is 0 Å². The van der Waals surface area contributed by atoms with E-state index in [1.807, 2.05) is 0 Å². The van der Waals surface area contributed by atoms with Crippen LogP contribution in [0.15, 0.2) is 0 Å². The molecule has 94 valence electrons. The Labute approximate surface area is 95.7 Å². The van der Waals surface area contributed by atoms with Gasteiger partial charge in [0.05, 0.1) is 12.7 Å². The van der Waals surface area contributed by atoms with Crippen molar-refractivity contribution < 1.29 is 20.1 Å². The van der Waals surface area contributed by atoms with E-state index in [0.717, 1.165) is 32.4 Å². The summed E-state index contributed by atoms with van der Waals surface area (Å²) in [7, 11) is 0. The molecular formula is C11H21NO4. The Morgan fingerprint density at radius 2 is 2.00 bits per heavy atom. The summed E-state index contributed by atoms with van der Waals surface area (Å²) in [5, 5.41) is 26.6. The predicted octanol–water partition coefficient (Wildman–Crippen LogP) is -0.0836. The van der Waals surface area contributed by atoms with E-state index in [9.17, 15) is 9.90 Å². The third-order valence-electron chi connectivity index (χ3n) is 3.15. The Balaban J connectivity index is 2.15. The Hall–Kier alpha value is -0.650. The van der Waals surface area contributed by atoms with Crippen molar-refractivity contribution >= 4 is 5.97 Å². The van der Waals surface area contributed by atoms with E-state index in [0.29, 0.717) is 12.5 Å². The van der Waals surface area contributed by atoms with Crippen LogP contribution < -0.4 is 0 Å². The van der Waals surface area contributed by atoms with Gasteiger partial charge in [-0.05, 0) is 38.3 Å². The fraction of sp³-hybridized carbons (Fsp3) is 0.909. The molecule has 1 unspecified atom stereocenters. The summed E-state index contributed by atoms with van der Waals surface area (Å²) in [6, 6.07) is 0. The lowest BCUT2D eigenvalue weighted by Crippen LogP contribution is -2.40. The van der Waals surface area contributed by atoms with E-state index in [1.54, 1.807) is 0 Å². The highest BCUT2D eigenvalue weighted by atomic mass is 16.4. The molecule has 1 aliphatic rings. The van der Waals surface area contributed by atoms with Gasteiger partial charge in [-0.25, -0.2) is 0 Å². The quantitative estimate of drug-likeness (QED) is 0.595.